The summed E-state index contributed by atoms with van der Waals surface area (Å²) in [6, 6.07) is 0. The Morgan fingerprint density at radius 2 is 2.38 bits per heavy atom. The van der Waals surface area contributed by atoms with E-state index in [2.05, 4.69) is 19.8 Å². The fourth-order valence-electron chi connectivity index (χ4n) is 1.31. The van der Waals surface area contributed by atoms with Gasteiger partial charge in [-0.2, -0.15) is 9.50 Å². The lowest BCUT2D eigenvalue weighted by Gasteiger charge is -2.03. The Hall–Kier alpha value is -2.18. The number of anilines is 1. The number of nitrogens with zero attached hydrogens (tertiary/aromatic N) is 4. The number of methoxy groups -OCH3 is 1. The Labute approximate surface area is 91.3 Å². The second-order valence-corrected chi connectivity index (χ2v) is 3.14. The fraction of sp³-hybridized carbons (Fsp3) is 0.333. The number of rotatable bonds is 2. The van der Waals surface area contributed by atoms with Crippen LogP contribution in [0.15, 0.2) is 6.20 Å². The average Bonchev–Trinajstić information content (AvgIpc) is 2.72. The van der Waals surface area contributed by atoms with E-state index in [4.69, 9.17) is 5.73 Å². The molecule has 7 heteroatoms. The summed E-state index contributed by atoms with van der Waals surface area (Å²) in [5.41, 5.74) is 5.97. The van der Waals surface area contributed by atoms with Crippen molar-refractivity contribution < 1.29 is 9.53 Å². The SMILES string of the molecule is CCc1nc2ncc(C(=O)OC)c(N)n2n1. The van der Waals surface area contributed by atoms with E-state index < -0.39 is 5.97 Å². The number of hydrogen-bond donors (Lipinski definition) is 1. The number of nitrogen functional groups attached to an aromatic ring is 1. The van der Waals surface area contributed by atoms with Gasteiger partial charge in [0.15, 0.2) is 5.82 Å². The zero-order valence-corrected chi connectivity index (χ0v) is 8.97. The third kappa shape index (κ3) is 1.46. The molecule has 2 aromatic rings. The van der Waals surface area contributed by atoms with Crippen molar-refractivity contribution in [3.8, 4) is 0 Å². The first kappa shape index (κ1) is 10.3. The van der Waals surface area contributed by atoms with Crippen LogP contribution in [0, 0.1) is 0 Å². The molecule has 7 nitrogen and oxygen atoms in total. The number of esters is 1. The highest BCUT2D eigenvalue weighted by Crippen LogP contribution is 2.12. The van der Waals surface area contributed by atoms with Crippen molar-refractivity contribution in [2.24, 2.45) is 0 Å². The van der Waals surface area contributed by atoms with Crippen LogP contribution < -0.4 is 5.73 Å². The molecule has 0 aromatic carbocycles. The third-order valence-electron chi connectivity index (χ3n) is 2.17. The van der Waals surface area contributed by atoms with Crippen molar-refractivity contribution in [3.63, 3.8) is 0 Å². The Bertz CT molecular complexity index is 548. The molecule has 0 saturated heterocycles. The van der Waals surface area contributed by atoms with E-state index >= 15 is 0 Å². The molecule has 84 valence electrons. The highest BCUT2D eigenvalue weighted by Gasteiger charge is 2.15. The molecule has 0 unspecified atom stereocenters. The predicted molar refractivity (Wildman–Crippen MR) is 55.9 cm³/mol. The molecule has 2 N–H and O–H groups in total. The maximum absolute atomic E-state index is 11.4. The third-order valence-corrected chi connectivity index (χ3v) is 2.17. The Morgan fingerprint density at radius 1 is 1.62 bits per heavy atom. The van der Waals surface area contributed by atoms with Crippen LogP contribution in [0.5, 0.6) is 0 Å². The highest BCUT2D eigenvalue weighted by molar-refractivity contribution is 5.94. The quantitative estimate of drug-likeness (QED) is 0.720. The number of aromatic nitrogens is 4. The van der Waals surface area contributed by atoms with Gasteiger partial charge < -0.3 is 10.5 Å². The van der Waals surface area contributed by atoms with Crippen LogP contribution in [-0.2, 0) is 11.2 Å². The van der Waals surface area contributed by atoms with Gasteiger partial charge in [0.2, 0.25) is 0 Å². The Morgan fingerprint density at radius 3 is 3.00 bits per heavy atom. The highest BCUT2D eigenvalue weighted by atomic mass is 16.5. The summed E-state index contributed by atoms with van der Waals surface area (Å²) >= 11 is 0. The van der Waals surface area contributed by atoms with Crippen LogP contribution in [-0.4, -0.2) is 32.7 Å². The van der Waals surface area contributed by atoms with Crippen LogP contribution in [0.2, 0.25) is 0 Å². The number of fused-ring (bicyclic) bond motifs is 1. The molecule has 0 saturated carbocycles. The van der Waals surface area contributed by atoms with Crippen molar-refractivity contribution in [2.75, 3.05) is 12.8 Å². The minimum absolute atomic E-state index is 0.183. The van der Waals surface area contributed by atoms with Crippen LogP contribution in [0.1, 0.15) is 23.1 Å². The van der Waals surface area contributed by atoms with Crippen LogP contribution in [0.3, 0.4) is 0 Å². The normalized spacial score (nSPS) is 10.6. The van der Waals surface area contributed by atoms with Gasteiger partial charge in [-0.05, 0) is 0 Å². The van der Waals surface area contributed by atoms with Crippen molar-refractivity contribution in [1.29, 1.82) is 0 Å². The molecule has 0 spiro atoms. The lowest BCUT2D eigenvalue weighted by atomic mass is 10.3. The minimum Gasteiger partial charge on any atom is -0.465 e. The Balaban J connectivity index is 2.64. The van der Waals surface area contributed by atoms with Gasteiger partial charge in [0.05, 0.1) is 7.11 Å². The van der Waals surface area contributed by atoms with E-state index in [0.29, 0.717) is 18.0 Å². The molecule has 0 aliphatic heterocycles. The molecule has 0 radical (unpaired) electrons. The molecule has 2 aromatic heterocycles. The molecule has 0 fully saturated rings. The fourth-order valence-corrected chi connectivity index (χ4v) is 1.31. The first-order chi connectivity index (χ1) is 7.67. The minimum atomic E-state index is -0.541. The average molecular weight is 221 g/mol. The number of carbonyl (C=O) groups excluding carboxylic acids is 1. The lowest BCUT2D eigenvalue weighted by Crippen LogP contribution is -2.11. The summed E-state index contributed by atoms with van der Waals surface area (Å²) in [6.07, 6.45) is 2.01. The molecule has 2 heterocycles. The summed E-state index contributed by atoms with van der Waals surface area (Å²) < 4.78 is 5.92. The van der Waals surface area contributed by atoms with Crippen molar-refractivity contribution >= 4 is 17.6 Å². The molecular formula is C9H11N5O2. The summed E-state index contributed by atoms with van der Waals surface area (Å²) in [4.78, 5) is 19.5. The predicted octanol–water partition coefficient (Wildman–Crippen LogP) is 0.0555. The molecule has 0 amide bonds. The topological polar surface area (TPSA) is 95.4 Å². The smallest absolute Gasteiger partial charge is 0.343 e. The maximum atomic E-state index is 11.4. The molecule has 2 rings (SSSR count). The summed E-state index contributed by atoms with van der Waals surface area (Å²) in [5.74, 6) is 0.646. The molecule has 0 aliphatic carbocycles. The van der Waals surface area contributed by atoms with Gasteiger partial charge in [-0.3, -0.25) is 0 Å². The van der Waals surface area contributed by atoms with Gasteiger partial charge >= 0.3 is 5.97 Å². The first-order valence-electron chi connectivity index (χ1n) is 4.75. The maximum Gasteiger partial charge on any atom is 0.343 e. The summed E-state index contributed by atoms with van der Waals surface area (Å²) in [7, 11) is 1.28. The van der Waals surface area contributed by atoms with E-state index in [1.807, 2.05) is 6.92 Å². The van der Waals surface area contributed by atoms with E-state index in [1.165, 1.54) is 17.8 Å². The van der Waals surface area contributed by atoms with E-state index in [-0.39, 0.29) is 11.4 Å². The lowest BCUT2D eigenvalue weighted by molar-refractivity contribution is 0.0601. The zero-order valence-electron chi connectivity index (χ0n) is 8.97. The molecule has 16 heavy (non-hydrogen) atoms. The van der Waals surface area contributed by atoms with Crippen molar-refractivity contribution in [1.82, 2.24) is 19.6 Å². The van der Waals surface area contributed by atoms with Crippen LogP contribution in [0.25, 0.3) is 5.78 Å². The van der Waals surface area contributed by atoms with E-state index in [0.717, 1.165) is 0 Å². The largest absolute Gasteiger partial charge is 0.465 e. The summed E-state index contributed by atoms with van der Waals surface area (Å²) in [5, 5.41) is 4.12. The Kier molecular flexibility index (Phi) is 2.43. The monoisotopic (exact) mass is 221 g/mol. The van der Waals surface area contributed by atoms with Crippen molar-refractivity contribution in [3.05, 3.63) is 17.6 Å². The molecule has 0 bridgehead atoms. The number of ether oxygens (including phenoxy) is 1. The first-order valence-corrected chi connectivity index (χ1v) is 4.75. The van der Waals surface area contributed by atoms with Crippen molar-refractivity contribution in [2.45, 2.75) is 13.3 Å². The molecule has 0 atom stereocenters. The number of nitrogens with two attached hydrogens (primary N) is 1. The standard InChI is InChI=1S/C9H11N5O2/c1-3-6-12-9-11-4-5(8(15)16-2)7(10)14(9)13-6/h4H,3,10H2,1-2H3. The second-order valence-electron chi connectivity index (χ2n) is 3.14. The molecular weight excluding hydrogens is 210 g/mol. The van der Waals surface area contributed by atoms with Gasteiger partial charge in [0.1, 0.15) is 11.4 Å². The van der Waals surface area contributed by atoms with Crippen LogP contribution >= 0.6 is 0 Å². The van der Waals surface area contributed by atoms with Gasteiger partial charge in [-0.15, -0.1) is 5.10 Å². The summed E-state index contributed by atoms with van der Waals surface area (Å²) in [6.45, 7) is 1.92. The van der Waals surface area contributed by atoms with Gasteiger partial charge in [-0.1, -0.05) is 6.92 Å². The van der Waals surface area contributed by atoms with E-state index in [9.17, 15) is 4.79 Å². The zero-order chi connectivity index (χ0) is 11.7. The molecule has 0 aliphatic rings. The van der Waals surface area contributed by atoms with Gasteiger partial charge in [-0.25, -0.2) is 9.78 Å². The van der Waals surface area contributed by atoms with Gasteiger partial charge in [0, 0.05) is 12.6 Å². The second kappa shape index (κ2) is 3.76. The number of carbonyl (C=O) groups is 1. The number of hydrogen-bond acceptors (Lipinski definition) is 6. The number of aryl methyl sites for hydroxylation is 1. The van der Waals surface area contributed by atoms with Crippen LogP contribution in [0.4, 0.5) is 5.82 Å². The van der Waals surface area contributed by atoms with Gasteiger partial charge in [0.25, 0.3) is 5.78 Å². The van der Waals surface area contributed by atoms with E-state index in [1.54, 1.807) is 0 Å².